The second-order valence-electron chi connectivity index (χ2n) is 8.79. The van der Waals surface area contributed by atoms with Gasteiger partial charge in [0.25, 0.3) is 0 Å². The van der Waals surface area contributed by atoms with Gasteiger partial charge in [-0.2, -0.15) is 0 Å². The minimum absolute atomic E-state index is 0.0940. The second kappa shape index (κ2) is 7.00. The lowest BCUT2D eigenvalue weighted by Crippen LogP contribution is -2.41. The maximum Gasteiger partial charge on any atom is 0.338 e. The van der Waals surface area contributed by atoms with E-state index in [4.69, 9.17) is 21.1 Å². The van der Waals surface area contributed by atoms with Crippen molar-refractivity contribution >= 4 is 23.3 Å². The number of aryl methyl sites for hydroxylation is 1. The lowest BCUT2D eigenvalue weighted by Gasteiger charge is -2.37. The summed E-state index contributed by atoms with van der Waals surface area (Å²) in [7, 11) is 0. The number of benzene rings is 2. The molecule has 1 spiro atoms. The van der Waals surface area contributed by atoms with Gasteiger partial charge in [0, 0.05) is 17.0 Å². The molecule has 4 rings (SSSR count). The molecule has 0 fully saturated rings. The van der Waals surface area contributed by atoms with Crippen LogP contribution in [0.2, 0.25) is 5.02 Å². The molecule has 0 aromatic heterocycles. The summed E-state index contributed by atoms with van der Waals surface area (Å²) < 4.78 is 11.7. The number of carbonyl (C=O) groups is 1. The van der Waals surface area contributed by atoms with E-state index < -0.39 is 5.60 Å². The highest BCUT2D eigenvalue weighted by atomic mass is 35.5. The van der Waals surface area contributed by atoms with Crippen LogP contribution in [0.5, 0.6) is 5.75 Å². The number of nitrogens with one attached hydrogen (secondary N) is 1. The fourth-order valence-corrected chi connectivity index (χ4v) is 4.36. The maximum atomic E-state index is 12.4. The predicted molar refractivity (Wildman–Crippen MR) is 112 cm³/mol. The van der Waals surface area contributed by atoms with Gasteiger partial charge >= 0.3 is 5.97 Å². The molecule has 2 aromatic rings. The zero-order valence-electron chi connectivity index (χ0n) is 16.6. The van der Waals surface area contributed by atoms with E-state index in [1.807, 2.05) is 39.0 Å². The molecule has 28 heavy (non-hydrogen) atoms. The summed E-state index contributed by atoms with van der Waals surface area (Å²) in [6, 6.07) is 11.6. The molecule has 1 heterocycles. The maximum absolute atomic E-state index is 12.4. The van der Waals surface area contributed by atoms with Crippen LogP contribution in [0.4, 0.5) is 5.69 Å². The molecule has 5 heteroatoms. The Kier molecular flexibility index (Phi) is 4.78. The Morgan fingerprint density at radius 1 is 1.21 bits per heavy atom. The highest BCUT2D eigenvalue weighted by Gasteiger charge is 2.39. The number of rotatable bonds is 1. The number of esters is 1. The van der Waals surface area contributed by atoms with E-state index in [1.54, 1.807) is 6.07 Å². The number of ether oxygens (including phenoxy) is 2. The first-order valence-corrected chi connectivity index (χ1v) is 10.2. The van der Waals surface area contributed by atoms with Gasteiger partial charge in [-0.3, -0.25) is 0 Å². The zero-order valence-corrected chi connectivity index (χ0v) is 17.4. The highest BCUT2D eigenvalue weighted by Crippen LogP contribution is 2.42. The van der Waals surface area contributed by atoms with Crippen molar-refractivity contribution in [1.29, 1.82) is 0 Å². The molecule has 0 unspecified atom stereocenters. The van der Waals surface area contributed by atoms with Crippen LogP contribution < -0.4 is 10.1 Å². The first-order chi connectivity index (χ1) is 13.3. The molecule has 0 amide bonds. The first-order valence-electron chi connectivity index (χ1n) is 9.79. The van der Waals surface area contributed by atoms with Crippen LogP contribution in [0.1, 0.15) is 55.1 Å². The molecule has 1 aliphatic heterocycles. The fraction of sp³-hybridized carbons (Fsp3) is 0.435. The minimum atomic E-state index is -0.523. The molecule has 0 saturated heterocycles. The number of carbonyl (C=O) groups excluding carboxylic acids is 1. The Bertz CT molecular complexity index is 919. The normalized spacial score (nSPS) is 21.0. The van der Waals surface area contributed by atoms with Gasteiger partial charge in [0.05, 0.1) is 17.9 Å². The van der Waals surface area contributed by atoms with Gasteiger partial charge in [-0.05, 0) is 81.5 Å². The van der Waals surface area contributed by atoms with E-state index in [2.05, 4.69) is 17.4 Å². The summed E-state index contributed by atoms with van der Waals surface area (Å²) >= 11 is 6.21. The molecule has 2 aromatic carbocycles. The SMILES string of the molecule is CC(C)(C)OC(=O)c1ccc2c(c1)NC[C@@]1(CCCc3cc(Cl)ccc31)CO2. The summed E-state index contributed by atoms with van der Waals surface area (Å²) in [6.45, 7) is 6.96. The van der Waals surface area contributed by atoms with E-state index in [1.165, 1.54) is 11.1 Å². The molecule has 0 bridgehead atoms. The molecule has 0 radical (unpaired) electrons. The lowest BCUT2D eigenvalue weighted by atomic mass is 9.70. The number of hydrogen-bond acceptors (Lipinski definition) is 4. The molecule has 4 nitrogen and oxygen atoms in total. The van der Waals surface area contributed by atoms with E-state index in [0.717, 1.165) is 42.3 Å². The van der Waals surface area contributed by atoms with Crippen molar-refractivity contribution in [2.45, 2.75) is 51.0 Å². The molecular formula is C23H26ClNO3. The third-order valence-corrected chi connectivity index (χ3v) is 5.71. The van der Waals surface area contributed by atoms with E-state index in [0.29, 0.717) is 12.2 Å². The Morgan fingerprint density at radius 3 is 2.82 bits per heavy atom. The molecule has 0 saturated carbocycles. The third-order valence-electron chi connectivity index (χ3n) is 5.48. The summed E-state index contributed by atoms with van der Waals surface area (Å²) in [5, 5.41) is 4.31. The van der Waals surface area contributed by atoms with E-state index >= 15 is 0 Å². The van der Waals surface area contributed by atoms with Crippen molar-refractivity contribution in [3.63, 3.8) is 0 Å². The van der Waals surface area contributed by atoms with Crippen molar-refractivity contribution in [2.24, 2.45) is 0 Å². The largest absolute Gasteiger partial charge is 0.490 e. The zero-order chi connectivity index (χ0) is 19.9. The highest BCUT2D eigenvalue weighted by molar-refractivity contribution is 6.30. The Hall–Kier alpha value is -2.20. The summed E-state index contributed by atoms with van der Waals surface area (Å²) in [5.74, 6) is 0.444. The van der Waals surface area contributed by atoms with Crippen molar-refractivity contribution < 1.29 is 14.3 Å². The molecule has 148 valence electrons. The standard InChI is InChI=1S/C23H26ClNO3/c1-22(2,3)28-21(26)16-6-9-20-19(12-16)25-13-23(14-27-20)10-4-5-15-11-17(24)7-8-18(15)23/h6-9,11-12,25H,4-5,10,13-14H2,1-3H3/t23-/m0/s1. The van der Waals surface area contributed by atoms with E-state index in [-0.39, 0.29) is 11.4 Å². The summed E-state index contributed by atoms with van der Waals surface area (Å²) in [4.78, 5) is 12.4. The van der Waals surface area contributed by atoms with Crippen LogP contribution in [-0.4, -0.2) is 24.7 Å². The van der Waals surface area contributed by atoms with Crippen LogP contribution in [0.25, 0.3) is 0 Å². The van der Waals surface area contributed by atoms with Gasteiger partial charge in [0.1, 0.15) is 11.4 Å². The molecule has 1 atom stereocenters. The van der Waals surface area contributed by atoms with Crippen LogP contribution in [0.3, 0.4) is 0 Å². The monoisotopic (exact) mass is 399 g/mol. The Labute approximate surface area is 171 Å². The van der Waals surface area contributed by atoms with Crippen LogP contribution in [0.15, 0.2) is 36.4 Å². The van der Waals surface area contributed by atoms with Gasteiger partial charge in [0.15, 0.2) is 0 Å². The number of fused-ring (bicyclic) bond motifs is 3. The molecule has 1 N–H and O–H groups in total. The van der Waals surface area contributed by atoms with Crippen molar-refractivity contribution in [3.8, 4) is 5.75 Å². The van der Waals surface area contributed by atoms with Gasteiger partial charge in [-0.25, -0.2) is 4.79 Å². The summed E-state index contributed by atoms with van der Waals surface area (Å²) in [6.07, 6.45) is 3.22. The van der Waals surface area contributed by atoms with Gasteiger partial charge in [0.2, 0.25) is 0 Å². The predicted octanol–water partition coefficient (Wildman–Crippen LogP) is 5.37. The minimum Gasteiger partial charge on any atom is -0.490 e. The van der Waals surface area contributed by atoms with Gasteiger partial charge < -0.3 is 14.8 Å². The Balaban J connectivity index is 1.61. The van der Waals surface area contributed by atoms with Gasteiger partial charge in [-0.1, -0.05) is 17.7 Å². The van der Waals surface area contributed by atoms with E-state index in [9.17, 15) is 4.79 Å². The smallest absolute Gasteiger partial charge is 0.338 e. The van der Waals surface area contributed by atoms with Crippen LogP contribution >= 0.6 is 11.6 Å². The molecular weight excluding hydrogens is 374 g/mol. The number of anilines is 1. The van der Waals surface area contributed by atoms with Crippen LogP contribution in [0, 0.1) is 0 Å². The Morgan fingerprint density at radius 2 is 2.04 bits per heavy atom. The lowest BCUT2D eigenvalue weighted by molar-refractivity contribution is 0.00695. The third kappa shape index (κ3) is 3.70. The van der Waals surface area contributed by atoms with Crippen molar-refractivity contribution in [1.82, 2.24) is 0 Å². The first kappa shape index (κ1) is 19.1. The average Bonchev–Trinajstić information content (AvgIpc) is 2.80. The van der Waals surface area contributed by atoms with Crippen LogP contribution in [-0.2, 0) is 16.6 Å². The number of halogens is 1. The second-order valence-corrected chi connectivity index (χ2v) is 9.23. The van der Waals surface area contributed by atoms with Crippen molar-refractivity contribution in [3.05, 3.63) is 58.1 Å². The van der Waals surface area contributed by atoms with Gasteiger partial charge in [-0.15, -0.1) is 0 Å². The number of hydrogen-bond donors (Lipinski definition) is 1. The summed E-state index contributed by atoms with van der Waals surface area (Å²) in [5.41, 5.74) is 3.37. The fourth-order valence-electron chi connectivity index (χ4n) is 4.16. The topological polar surface area (TPSA) is 47.6 Å². The quantitative estimate of drug-likeness (QED) is 0.654. The average molecular weight is 400 g/mol. The molecule has 1 aliphatic carbocycles. The van der Waals surface area contributed by atoms with Crippen molar-refractivity contribution in [2.75, 3.05) is 18.5 Å². The molecule has 2 aliphatic rings.